The number of aryl methyl sites for hydroxylation is 2. The van der Waals surface area contributed by atoms with E-state index in [9.17, 15) is 24.8 Å². The summed E-state index contributed by atoms with van der Waals surface area (Å²) in [6.07, 6.45) is -0.757. The number of rotatable bonds is 6. The molecule has 2 aromatic rings. The molecule has 1 amide bonds. The van der Waals surface area contributed by atoms with Crippen molar-refractivity contribution in [1.29, 1.82) is 0 Å². The predicted octanol–water partition coefficient (Wildman–Crippen LogP) is 2.70. The lowest BCUT2D eigenvalue weighted by Crippen LogP contribution is -2.22. The number of nitrogens with zero attached hydrogens (tertiary/aromatic N) is 1. The SMILES string of the molecule is Cc1cccc([N+](=O)[O-])c1NC(=O)COC(=O)c1[nH]c(C)c([C@@H](C)O)c1C. The van der Waals surface area contributed by atoms with E-state index in [4.69, 9.17) is 4.74 Å². The van der Waals surface area contributed by atoms with Gasteiger partial charge in [-0.2, -0.15) is 0 Å². The van der Waals surface area contributed by atoms with Crippen LogP contribution in [0.15, 0.2) is 18.2 Å². The summed E-state index contributed by atoms with van der Waals surface area (Å²) in [4.78, 5) is 37.6. The average Bonchev–Trinajstić information content (AvgIpc) is 2.88. The van der Waals surface area contributed by atoms with Crippen molar-refractivity contribution >= 4 is 23.3 Å². The number of aliphatic hydroxyl groups is 1. The average molecular weight is 375 g/mol. The van der Waals surface area contributed by atoms with Crippen LogP contribution in [0.25, 0.3) is 0 Å². The zero-order valence-corrected chi connectivity index (χ0v) is 15.5. The monoisotopic (exact) mass is 375 g/mol. The van der Waals surface area contributed by atoms with Crippen molar-refractivity contribution in [1.82, 2.24) is 4.98 Å². The lowest BCUT2D eigenvalue weighted by atomic mass is 10.1. The van der Waals surface area contributed by atoms with Gasteiger partial charge < -0.3 is 20.1 Å². The highest BCUT2D eigenvalue weighted by Crippen LogP contribution is 2.28. The molecule has 1 heterocycles. The maximum Gasteiger partial charge on any atom is 0.355 e. The molecule has 0 bridgehead atoms. The van der Waals surface area contributed by atoms with E-state index < -0.39 is 29.5 Å². The molecule has 0 aliphatic heterocycles. The van der Waals surface area contributed by atoms with Gasteiger partial charge in [-0.25, -0.2) is 4.79 Å². The zero-order chi connectivity index (χ0) is 20.3. The molecule has 2 rings (SSSR count). The lowest BCUT2D eigenvalue weighted by Gasteiger charge is -2.09. The number of aromatic nitrogens is 1. The second-order valence-corrected chi connectivity index (χ2v) is 6.19. The van der Waals surface area contributed by atoms with Crippen LogP contribution in [0.1, 0.15) is 45.9 Å². The quantitative estimate of drug-likeness (QED) is 0.404. The van der Waals surface area contributed by atoms with E-state index in [0.717, 1.165) is 0 Å². The third kappa shape index (κ3) is 4.32. The highest BCUT2D eigenvalue weighted by atomic mass is 16.6. The Hall–Kier alpha value is -3.20. The van der Waals surface area contributed by atoms with E-state index in [1.54, 1.807) is 33.8 Å². The molecule has 0 saturated carbocycles. The van der Waals surface area contributed by atoms with Crippen molar-refractivity contribution in [3.05, 3.63) is 56.4 Å². The van der Waals surface area contributed by atoms with Crippen LogP contribution in [0.4, 0.5) is 11.4 Å². The van der Waals surface area contributed by atoms with Crippen molar-refractivity contribution in [3.8, 4) is 0 Å². The summed E-state index contributed by atoms with van der Waals surface area (Å²) in [7, 11) is 0. The van der Waals surface area contributed by atoms with E-state index in [-0.39, 0.29) is 17.1 Å². The molecule has 9 heteroatoms. The molecule has 0 aliphatic rings. The fourth-order valence-electron chi connectivity index (χ4n) is 2.94. The van der Waals surface area contributed by atoms with Crippen LogP contribution in [0.3, 0.4) is 0 Å². The molecule has 3 N–H and O–H groups in total. The number of amides is 1. The second kappa shape index (κ2) is 8.00. The molecule has 1 atom stereocenters. The van der Waals surface area contributed by atoms with Gasteiger partial charge in [-0.15, -0.1) is 0 Å². The van der Waals surface area contributed by atoms with E-state index in [0.29, 0.717) is 22.4 Å². The summed E-state index contributed by atoms with van der Waals surface area (Å²) in [5.74, 6) is -1.45. The number of carbonyl (C=O) groups excluding carboxylic acids is 2. The molecule has 0 radical (unpaired) electrons. The van der Waals surface area contributed by atoms with Gasteiger partial charge in [-0.1, -0.05) is 12.1 Å². The van der Waals surface area contributed by atoms with Gasteiger partial charge in [0.05, 0.1) is 11.0 Å². The molecule has 0 fully saturated rings. The zero-order valence-electron chi connectivity index (χ0n) is 15.5. The van der Waals surface area contributed by atoms with E-state index in [2.05, 4.69) is 10.3 Å². The molecule has 27 heavy (non-hydrogen) atoms. The van der Waals surface area contributed by atoms with Crippen LogP contribution < -0.4 is 5.32 Å². The number of nitro benzene ring substituents is 1. The molecule has 0 saturated heterocycles. The Kier molecular flexibility index (Phi) is 5.96. The summed E-state index contributed by atoms with van der Waals surface area (Å²) in [5.41, 5.74) is 2.26. The van der Waals surface area contributed by atoms with Crippen LogP contribution in [0.2, 0.25) is 0 Å². The summed E-state index contributed by atoms with van der Waals surface area (Å²) in [5, 5.41) is 23.3. The topological polar surface area (TPSA) is 135 Å². The number of aromatic amines is 1. The van der Waals surface area contributed by atoms with Crippen LogP contribution in [0.5, 0.6) is 0 Å². The van der Waals surface area contributed by atoms with Crippen molar-refractivity contribution in [3.63, 3.8) is 0 Å². The third-order valence-electron chi connectivity index (χ3n) is 4.16. The molecule has 144 valence electrons. The maximum absolute atomic E-state index is 12.2. The second-order valence-electron chi connectivity index (χ2n) is 6.19. The van der Waals surface area contributed by atoms with Crippen LogP contribution in [0, 0.1) is 30.9 Å². The van der Waals surface area contributed by atoms with Gasteiger partial charge in [0.2, 0.25) is 0 Å². The number of aliphatic hydroxyl groups excluding tert-OH is 1. The first-order valence-electron chi connectivity index (χ1n) is 8.21. The Morgan fingerprint density at radius 3 is 2.56 bits per heavy atom. The Labute approximate surface area is 155 Å². The van der Waals surface area contributed by atoms with Crippen LogP contribution in [-0.2, 0) is 9.53 Å². The Morgan fingerprint density at radius 1 is 1.33 bits per heavy atom. The van der Waals surface area contributed by atoms with Crippen molar-refractivity contribution in [2.75, 3.05) is 11.9 Å². The fourth-order valence-corrected chi connectivity index (χ4v) is 2.94. The maximum atomic E-state index is 12.2. The summed E-state index contributed by atoms with van der Waals surface area (Å²) >= 11 is 0. The first-order valence-corrected chi connectivity index (χ1v) is 8.21. The Morgan fingerprint density at radius 2 is 2.00 bits per heavy atom. The number of hydrogen-bond acceptors (Lipinski definition) is 6. The highest BCUT2D eigenvalue weighted by molar-refractivity contribution is 5.97. The van der Waals surface area contributed by atoms with Gasteiger partial charge in [0.1, 0.15) is 11.4 Å². The summed E-state index contributed by atoms with van der Waals surface area (Å²) < 4.78 is 5.00. The molecule has 0 spiro atoms. The summed E-state index contributed by atoms with van der Waals surface area (Å²) in [6, 6.07) is 4.41. The third-order valence-corrected chi connectivity index (χ3v) is 4.16. The number of para-hydroxylation sites is 1. The van der Waals surface area contributed by atoms with Gasteiger partial charge in [0, 0.05) is 17.3 Å². The Balaban J connectivity index is 2.08. The van der Waals surface area contributed by atoms with Crippen molar-refractivity contribution in [2.45, 2.75) is 33.8 Å². The molecule has 9 nitrogen and oxygen atoms in total. The minimum Gasteiger partial charge on any atom is -0.451 e. The van der Waals surface area contributed by atoms with E-state index >= 15 is 0 Å². The number of esters is 1. The number of benzene rings is 1. The fraction of sp³-hybridized carbons (Fsp3) is 0.333. The van der Waals surface area contributed by atoms with Crippen molar-refractivity contribution in [2.24, 2.45) is 0 Å². The Bertz CT molecular complexity index is 901. The summed E-state index contributed by atoms with van der Waals surface area (Å²) in [6.45, 7) is 5.98. The normalized spacial score (nSPS) is 11.7. The minimum atomic E-state index is -0.757. The van der Waals surface area contributed by atoms with Gasteiger partial charge in [0.15, 0.2) is 6.61 Å². The molecular formula is C18H21N3O6. The number of H-pyrrole nitrogens is 1. The number of carbonyl (C=O) groups is 2. The lowest BCUT2D eigenvalue weighted by molar-refractivity contribution is -0.384. The smallest absolute Gasteiger partial charge is 0.355 e. The van der Waals surface area contributed by atoms with Gasteiger partial charge in [0.25, 0.3) is 11.6 Å². The largest absolute Gasteiger partial charge is 0.451 e. The molecule has 1 aromatic heterocycles. The van der Waals surface area contributed by atoms with Crippen LogP contribution in [-0.4, -0.2) is 33.5 Å². The highest BCUT2D eigenvalue weighted by Gasteiger charge is 2.22. The molecule has 1 aromatic carbocycles. The molecular weight excluding hydrogens is 354 g/mol. The van der Waals surface area contributed by atoms with Crippen LogP contribution >= 0.6 is 0 Å². The minimum absolute atomic E-state index is 0.0619. The van der Waals surface area contributed by atoms with Gasteiger partial charge in [-0.3, -0.25) is 14.9 Å². The van der Waals surface area contributed by atoms with Gasteiger partial charge in [-0.05, 0) is 38.8 Å². The number of nitrogens with one attached hydrogen (secondary N) is 2. The van der Waals surface area contributed by atoms with Gasteiger partial charge >= 0.3 is 5.97 Å². The van der Waals surface area contributed by atoms with Crippen molar-refractivity contribution < 1.29 is 24.4 Å². The van der Waals surface area contributed by atoms with E-state index in [1.165, 1.54) is 12.1 Å². The molecule has 0 unspecified atom stereocenters. The standard InChI is InChI=1S/C18H21N3O6/c1-9-6-5-7-13(21(25)26)16(9)20-14(23)8-27-18(24)17-10(2)15(12(4)22)11(3)19-17/h5-7,12,19,22H,8H2,1-4H3,(H,20,23)/t12-/m1/s1. The number of nitro groups is 1. The van der Waals surface area contributed by atoms with E-state index in [1.807, 2.05) is 0 Å². The molecule has 0 aliphatic carbocycles. The first-order chi connectivity index (χ1) is 12.6. The number of anilines is 1. The number of ether oxygens (including phenoxy) is 1. The number of hydrogen-bond donors (Lipinski definition) is 3. The first kappa shape index (κ1) is 20.1. The predicted molar refractivity (Wildman–Crippen MR) is 97.6 cm³/mol.